The average Bonchev–Trinajstić information content (AvgIpc) is 3.16. The summed E-state index contributed by atoms with van der Waals surface area (Å²) in [4.78, 5) is 14.5. The summed E-state index contributed by atoms with van der Waals surface area (Å²) in [5.41, 5.74) is 9.33. The average molecular weight is 353 g/mol. The Balaban J connectivity index is 0.000000190. The van der Waals surface area contributed by atoms with Gasteiger partial charge in [-0.2, -0.15) is 0 Å². The van der Waals surface area contributed by atoms with Crippen molar-refractivity contribution < 1.29 is 13.9 Å². The van der Waals surface area contributed by atoms with Gasteiger partial charge in [-0.3, -0.25) is 4.79 Å². The van der Waals surface area contributed by atoms with E-state index in [9.17, 15) is 4.79 Å². The Labute approximate surface area is 153 Å². The van der Waals surface area contributed by atoms with E-state index in [0.29, 0.717) is 6.54 Å². The minimum Gasteiger partial charge on any atom is -0.496 e. The number of anilines is 1. The van der Waals surface area contributed by atoms with E-state index >= 15 is 0 Å². The fraction of sp³-hybridized carbons (Fsp3) is 0.200. The summed E-state index contributed by atoms with van der Waals surface area (Å²) in [5, 5.41) is 2.68. The lowest BCUT2D eigenvalue weighted by molar-refractivity contribution is -0.114. The molecule has 2 aromatic carbocycles. The van der Waals surface area contributed by atoms with Gasteiger partial charge in [0.25, 0.3) is 0 Å². The highest BCUT2D eigenvalue weighted by atomic mass is 16.5. The molecular formula is C20H23N3O3. The summed E-state index contributed by atoms with van der Waals surface area (Å²) >= 11 is 0. The Morgan fingerprint density at radius 2 is 2.08 bits per heavy atom. The maximum Gasteiger partial charge on any atom is 0.221 e. The van der Waals surface area contributed by atoms with Crippen LogP contribution in [0.1, 0.15) is 18.1 Å². The molecule has 0 aliphatic rings. The Hall–Kier alpha value is -3.12. The molecule has 3 aromatic rings. The monoisotopic (exact) mass is 353 g/mol. The molecule has 3 N–H and O–H groups in total. The van der Waals surface area contributed by atoms with Gasteiger partial charge in [0.2, 0.25) is 5.91 Å². The van der Waals surface area contributed by atoms with E-state index in [1.807, 2.05) is 49.4 Å². The Bertz CT molecular complexity index is 845. The van der Waals surface area contributed by atoms with Crippen LogP contribution in [0, 0.1) is 6.92 Å². The number of rotatable bonds is 4. The quantitative estimate of drug-likeness (QED) is 0.745. The maximum atomic E-state index is 10.7. The van der Waals surface area contributed by atoms with Crippen molar-refractivity contribution in [3.8, 4) is 17.1 Å². The number of carbonyl (C=O) groups excluding carboxylic acids is 1. The van der Waals surface area contributed by atoms with Crippen molar-refractivity contribution in [1.29, 1.82) is 0 Å². The molecule has 0 spiro atoms. The van der Waals surface area contributed by atoms with Crippen LogP contribution in [0.4, 0.5) is 5.69 Å². The number of hydrogen-bond acceptors (Lipinski definition) is 5. The first-order chi connectivity index (χ1) is 12.5. The predicted octanol–water partition coefficient (Wildman–Crippen LogP) is 3.76. The number of oxazole rings is 1. The first kappa shape index (κ1) is 19.2. The third kappa shape index (κ3) is 5.46. The highest BCUT2D eigenvalue weighted by Gasteiger charge is 2.08. The van der Waals surface area contributed by atoms with Gasteiger partial charge in [-0.1, -0.05) is 18.2 Å². The van der Waals surface area contributed by atoms with Gasteiger partial charge in [-0.05, 0) is 42.3 Å². The number of hydrogen-bond donors (Lipinski definition) is 2. The van der Waals surface area contributed by atoms with E-state index < -0.39 is 0 Å². The lowest BCUT2D eigenvalue weighted by Crippen LogP contribution is -2.06. The lowest BCUT2D eigenvalue weighted by atomic mass is 10.1. The van der Waals surface area contributed by atoms with Crippen molar-refractivity contribution in [2.45, 2.75) is 20.4 Å². The first-order valence-electron chi connectivity index (χ1n) is 8.13. The normalized spacial score (nSPS) is 9.85. The Morgan fingerprint density at radius 1 is 1.27 bits per heavy atom. The number of nitrogens with zero attached hydrogens (tertiary/aromatic N) is 1. The second kappa shape index (κ2) is 9.39. The van der Waals surface area contributed by atoms with Crippen molar-refractivity contribution in [3.63, 3.8) is 0 Å². The third-order valence-corrected chi connectivity index (χ3v) is 3.54. The van der Waals surface area contributed by atoms with Crippen LogP contribution < -0.4 is 15.8 Å². The Morgan fingerprint density at radius 3 is 2.69 bits per heavy atom. The minimum absolute atomic E-state index is 0.0656. The van der Waals surface area contributed by atoms with Crippen LogP contribution in [0.15, 0.2) is 59.5 Å². The van der Waals surface area contributed by atoms with Crippen molar-refractivity contribution >= 4 is 11.6 Å². The van der Waals surface area contributed by atoms with Gasteiger partial charge in [-0.25, -0.2) is 4.98 Å². The van der Waals surface area contributed by atoms with Crippen LogP contribution in [0.25, 0.3) is 11.3 Å². The number of nitrogens with two attached hydrogens (primary N) is 1. The summed E-state index contributed by atoms with van der Waals surface area (Å²) in [6.07, 6.45) is 3.09. The second-order valence-corrected chi connectivity index (χ2v) is 5.66. The molecule has 1 amide bonds. The number of methoxy groups -OCH3 is 1. The molecule has 26 heavy (non-hydrogen) atoms. The molecule has 0 radical (unpaired) electrons. The van der Waals surface area contributed by atoms with E-state index in [1.165, 1.54) is 13.3 Å². The van der Waals surface area contributed by atoms with Gasteiger partial charge in [-0.15, -0.1) is 0 Å². The molecule has 6 heteroatoms. The van der Waals surface area contributed by atoms with E-state index in [4.69, 9.17) is 14.9 Å². The van der Waals surface area contributed by atoms with Crippen molar-refractivity contribution in [2.75, 3.05) is 12.4 Å². The van der Waals surface area contributed by atoms with Crippen LogP contribution in [0.5, 0.6) is 5.75 Å². The summed E-state index contributed by atoms with van der Waals surface area (Å²) in [5.74, 6) is 1.47. The number of aromatic nitrogens is 1. The molecule has 0 atom stereocenters. The van der Waals surface area contributed by atoms with Crippen molar-refractivity contribution in [1.82, 2.24) is 4.98 Å². The second-order valence-electron chi connectivity index (χ2n) is 5.66. The number of carbonyl (C=O) groups is 1. The number of aryl methyl sites for hydroxylation is 1. The number of ether oxygens (including phenoxy) is 1. The molecule has 0 fully saturated rings. The molecule has 0 aliphatic carbocycles. The van der Waals surface area contributed by atoms with Gasteiger partial charge in [0.15, 0.2) is 12.2 Å². The van der Waals surface area contributed by atoms with E-state index in [1.54, 1.807) is 13.3 Å². The highest BCUT2D eigenvalue weighted by Crippen LogP contribution is 2.30. The zero-order chi connectivity index (χ0) is 18.9. The fourth-order valence-corrected chi connectivity index (χ4v) is 2.33. The van der Waals surface area contributed by atoms with E-state index in [2.05, 4.69) is 10.3 Å². The third-order valence-electron chi connectivity index (χ3n) is 3.54. The largest absolute Gasteiger partial charge is 0.496 e. The van der Waals surface area contributed by atoms with Crippen LogP contribution in [-0.2, 0) is 11.3 Å². The summed E-state index contributed by atoms with van der Waals surface area (Å²) < 4.78 is 10.5. The molecule has 6 nitrogen and oxygen atoms in total. The molecule has 0 saturated carbocycles. The molecule has 1 aromatic heterocycles. The minimum atomic E-state index is -0.0656. The van der Waals surface area contributed by atoms with Crippen molar-refractivity contribution in [2.24, 2.45) is 5.73 Å². The molecule has 136 valence electrons. The molecule has 0 aliphatic heterocycles. The van der Waals surface area contributed by atoms with Crippen LogP contribution in [-0.4, -0.2) is 18.0 Å². The number of benzene rings is 2. The smallest absolute Gasteiger partial charge is 0.221 e. The molecular weight excluding hydrogens is 330 g/mol. The van der Waals surface area contributed by atoms with Gasteiger partial charge in [0.05, 0.1) is 18.9 Å². The summed E-state index contributed by atoms with van der Waals surface area (Å²) in [6, 6.07) is 13.4. The lowest BCUT2D eigenvalue weighted by Gasteiger charge is -2.06. The highest BCUT2D eigenvalue weighted by molar-refractivity contribution is 5.88. The topological polar surface area (TPSA) is 90.4 Å². The van der Waals surface area contributed by atoms with E-state index in [0.717, 1.165) is 33.9 Å². The summed E-state index contributed by atoms with van der Waals surface area (Å²) in [6.45, 7) is 4.00. The molecule has 0 saturated heterocycles. The molecule has 1 heterocycles. The van der Waals surface area contributed by atoms with Gasteiger partial charge in [0, 0.05) is 19.2 Å². The number of amides is 1. The zero-order valence-corrected chi connectivity index (χ0v) is 15.2. The van der Waals surface area contributed by atoms with Crippen LogP contribution in [0.2, 0.25) is 0 Å². The standard InChI is InChI=1S/C11H11NO2.C9H12N2O/c1-8-3-4-9(10(5-8)13-2)11-6-12-7-14-11;1-7(12)11-9-4-2-3-8(5-9)6-10/h3-7H,1-2H3;2-5H,6,10H2,1H3,(H,11,12). The summed E-state index contributed by atoms with van der Waals surface area (Å²) in [7, 11) is 1.65. The van der Waals surface area contributed by atoms with Gasteiger partial charge in [0.1, 0.15) is 5.75 Å². The maximum absolute atomic E-state index is 10.7. The van der Waals surface area contributed by atoms with Gasteiger partial charge >= 0.3 is 0 Å². The zero-order valence-electron chi connectivity index (χ0n) is 15.2. The Kier molecular flexibility index (Phi) is 6.93. The molecule has 3 rings (SSSR count). The number of nitrogens with one attached hydrogen (secondary N) is 1. The SMILES string of the molecule is CC(=O)Nc1cccc(CN)c1.COc1cc(C)ccc1-c1cnco1. The predicted molar refractivity (Wildman–Crippen MR) is 102 cm³/mol. The van der Waals surface area contributed by atoms with E-state index in [-0.39, 0.29) is 5.91 Å². The van der Waals surface area contributed by atoms with Crippen LogP contribution in [0.3, 0.4) is 0 Å². The first-order valence-corrected chi connectivity index (χ1v) is 8.13. The fourth-order valence-electron chi connectivity index (χ4n) is 2.33. The molecule has 0 bridgehead atoms. The van der Waals surface area contributed by atoms with Gasteiger partial charge < -0.3 is 20.2 Å². The van der Waals surface area contributed by atoms with Crippen LogP contribution >= 0.6 is 0 Å². The molecule has 0 unspecified atom stereocenters. The van der Waals surface area contributed by atoms with Crippen molar-refractivity contribution in [3.05, 3.63) is 66.2 Å².